The highest BCUT2D eigenvalue weighted by molar-refractivity contribution is 5.92. The summed E-state index contributed by atoms with van der Waals surface area (Å²) in [5.41, 5.74) is 7.91. The molecule has 0 unspecified atom stereocenters. The van der Waals surface area contributed by atoms with Gasteiger partial charge in [-0.05, 0) is 65.3 Å². The zero-order chi connectivity index (χ0) is 30.0. The Labute approximate surface area is 255 Å². The molecule has 0 saturated carbocycles. The summed E-state index contributed by atoms with van der Waals surface area (Å²) in [6.45, 7) is 1.88. The molecule has 0 radical (unpaired) electrons. The smallest absolute Gasteiger partial charge is 0.326 e. The van der Waals surface area contributed by atoms with Crippen molar-refractivity contribution < 1.29 is 24.1 Å². The maximum absolute atomic E-state index is 13.9. The number of para-hydroxylation sites is 2. The predicted molar refractivity (Wildman–Crippen MR) is 166 cm³/mol. The first-order valence-electron chi connectivity index (χ1n) is 15.5. The number of nitrogens with zero attached hydrogens (tertiary/aromatic N) is 2. The lowest BCUT2D eigenvalue weighted by Crippen LogP contribution is -2.42. The number of aromatic nitrogens is 2. The molecule has 3 aromatic carbocycles. The lowest BCUT2D eigenvalue weighted by atomic mass is 9.87. The number of aliphatic hydroxyl groups is 1. The van der Waals surface area contributed by atoms with Gasteiger partial charge < -0.3 is 29.2 Å². The van der Waals surface area contributed by atoms with Gasteiger partial charge in [-0.25, -0.2) is 4.79 Å². The molecule has 1 amide bonds. The van der Waals surface area contributed by atoms with Gasteiger partial charge in [-0.1, -0.05) is 54.6 Å². The van der Waals surface area contributed by atoms with Crippen LogP contribution in [0.4, 0.5) is 0 Å². The molecule has 228 valence electrons. The molecule has 3 aliphatic rings. The van der Waals surface area contributed by atoms with Crippen LogP contribution >= 0.6 is 0 Å². The van der Waals surface area contributed by atoms with Crippen molar-refractivity contribution >= 4 is 16.9 Å². The Morgan fingerprint density at radius 1 is 0.955 bits per heavy atom. The van der Waals surface area contributed by atoms with E-state index in [0.717, 1.165) is 17.5 Å². The van der Waals surface area contributed by atoms with Crippen molar-refractivity contribution in [1.29, 1.82) is 0 Å². The minimum Gasteiger partial charge on any atom is -0.459 e. The summed E-state index contributed by atoms with van der Waals surface area (Å²) in [6, 6.07) is 22.7. The van der Waals surface area contributed by atoms with Crippen molar-refractivity contribution in [3.05, 3.63) is 106 Å². The number of aliphatic hydroxyl groups excluding tert-OH is 1. The molecular weight excluding hydrogens is 558 g/mol. The van der Waals surface area contributed by atoms with Crippen molar-refractivity contribution in [2.45, 2.75) is 43.9 Å². The number of likely N-dealkylation sites (tertiary alicyclic amines) is 1. The van der Waals surface area contributed by atoms with Crippen molar-refractivity contribution in [1.82, 2.24) is 14.5 Å². The summed E-state index contributed by atoms with van der Waals surface area (Å²) in [5.74, 6) is 0.0939. The van der Waals surface area contributed by atoms with E-state index in [4.69, 9.17) is 19.3 Å². The van der Waals surface area contributed by atoms with Crippen LogP contribution in [0.2, 0.25) is 0 Å². The number of fused-ring (bicyclic) bond motifs is 4. The zero-order valence-electron chi connectivity index (χ0n) is 24.6. The number of hydrogen-bond acceptors (Lipinski definition) is 6. The third-order valence-corrected chi connectivity index (χ3v) is 9.06. The Bertz CT molecular complexity index is 1750. The summed E-state index contributed by atoms with van der Waals surface area (Å²) < 4.78 is 19.5. The van der Waals surface area contributed by atoms with Gasteiger partial charge in [0.1, 0.15) is 0 Å². The number of piperidine rings is 1. The molecule has 0 spiro atoms. The van der Waals surface area contributed by atoms with Gasteiger partial charge in [-0.3, -0.25) is 9.36 Å². The molecule has 1 aromatic heterocycles. The van der Waals surface area contributed by atoms with Crippen molar-refractivity contribution in [3.63, 3.8) is 0 Å². The number of rotatable bonds is 9. The first kappa shape index (κ1) is 28.6. The number of imidazole rings is 1. The van der Waals surface area contributed by atoms with E-state index in [0.29, 0.717) is 51.3 Å². The van der Waals surface area contributed by atoms with Crippen LogP contribution in [0.1, 0.15) is 47.9 Å². The first-order chi connectivity index (χ1) is 21.6. The topological polar surface area (TPSA) is 106 Å². The number of carbonyl (C=O) groups excluding carboxylic acids is 1. The number of amides is 1. The van der Waals surface area contributed by atoms with Crippen LogP contribution in [-0.4, -0.2) is 71.3 Å². The second kappa shape index (κ2) is 12.4. The van der Waals surface area contributed by atoms with E-state index in [9.17, 15) is 9.59 Å². The number of H-pyrrole nitrogens is 1. The molecule has 1 aliphatic carbocycles. The Morgan fingerprint density at radius 3 is 2.61 bits per heavy atom. The standard InChI is InChI=1S/C35H37N3O6/c39-16-17-42-18-19-43-33-22-24(27-8-5-9-28-26-7-2-1-6-23(26)20-29(27)28)21-32(44-33)34(40)37-14-12-25(13-15-37)38-31-11-4-3-10-30(31)36-35(38)41/h1-11,21,24-25,33,39H,12-20,22H2,(H,36,41)/t24-,33+/m1/s1. The summed E-state index contributed by atoms with van der Waals surface area (Å²) in [4.78, 5) is 31.5. The highest BCUT2D eigenvalue weighted by atomic mass is 16.7. The number of hydrogen-bond donors (Lipinski definition) is 2. The Hall–Kier alpha value is -4.18. The Kier molecular flexibility index (Phi) is 8.08. The molecule has 3 heterocycles. The highest BCUT2D eigenvalue weighted by Crippen LogP contribution is 2.43. The van der Waals surface area contributed by atoms with E-state index in [1.807, 2.05) is 39.8 Å². The monoisotopic (exact) mass is 595 g/mol. The van der Waals surface area contributed by atoms with Gasteiger partial charge in [0.05, 0.1) is 37.5 Å². The highest BCUT2D eigenvalue weighted by Gasteiger charge is 2.35. The van der Waals surface area contributed by atoms with Crippen LogP contribution in [0.5, 0.6) is 0 Å². The van der Waals surface area contributed by atoms with Gasteiger partial charge in [0.25, 0.3) is 5.91 Å². The number of allylic oxidation sites excluding steroid dienone is 1. The lowest BCUT2D eigenvalue weighted by Gasteiger charge is -2.35. The summed E-state index contributed by atoms with van der Waals surface area (Å²) >= 11 is 0. The number of benzene rings is 3. The van der Waals surface area contributed by atoms with Gasteiger partial charge >= 0.3 is 5.69 Å². The molecule has 0 bridgehead atoms. The van der Waals surface area contributed by atoms with Crippen LogP contribution in [0.3, 0.4) is 0 Å². The fourth-order valence-electron chi connectivity index (χ4n) is 6.98. The predicted octanol–water partition coefficient (Wildman–Crippen LogP) is 4.50. The summed E-state index contributed by atoms with van der Waals surface area (Å²) in [7, 11) is 0. The van der Waals surface area contributed by atoms with Gasteiger partial charge in [0.15, 0.2) is 5.76 Å². The molecule has 1 fully saturated rings. The number of aromatic amines is 1. The van der Waals surface area contributed by atoms with Crippen LogP contribution in [0.25, 0.3) is 22.2 Å². The average Bonchev–Trinajstić information content (AvgIpc) is 3.61. The van der Waals surface area contributed by atoms with Crippen LogP contribution in [0.15, 0.2) is 83.4 Å². The summed E-state index contributed by atoms with van der Waals surface area (Å²) in [6.07, 6.45) is 4.16. The van der Waals surface area contributed by atoms with E-state index in [1.54, 1.807) is 0 Å². The third-order valence-electron chi connectivity index (χ3n) is 9.06. The molecule has 2 aliphatic heterocycles. The fourth-order valence-corrected chi connectivity index (χ4v) is 6.98. The van der Waals surface area contributed by atoms with E-state index < -0.39 is 6.29 Å². The maximum atomic E-state index is 13.9. The third kappa shape index (κ3) is 5.47. The summed E-state index contributed by atoms with van der Waals surface area (Å²) in [5, 5.41) is 9.01. The molecule has 1 saturated heterocycles. The van der Waals surface area contributed by atoms with Crippen LogP contribution in [0, 0.1) is 0 Å². The molecule has 4 aromatic rings. The maximum Gasteiger partial charge on any atom is 0.326 e. The minimum atomic E-state index is -0.608. The fraction of sp³-hybridized carbons (Fsp3) is 0.371. The SMILES string of the molecule is O=C(C1=C[C@@H](c2cccc3c2Cc2ccccc2-3)C[C@@H](OCCOCCO)O1)N1CCC(n2c(=O)[nH]c3ccccc32)CC1. The normalized spacial score (nSPS) is 19.8. The van der Waals surface area contributed by atoms with Crippen molar-refractivity contribution in [2.24, 2.45) is 0 Å². The van der Waals surface area contributed by atoms with Gasteiger partial charge in [0.2, 0.25) is 6.29 Å². The van der Waals surface area contributed by atoms with E-state index in [1.165, 1.54) is 27.8 Å². The second-order valence-corrected chi connectivity index (χ2v) is 11.7. The van der Waals surface area contributed by atoms with Gasteiger partial charge in [0, 0.05) is 31.5 Å². The number of nitrogens with one attached hydrogen (secondary N) is 1. The van der Waals surface area contributed by atoms with Gasteiger partial charge in [-0.2, -0.15) is 0 Å². The van der Waals surface area contributed by atoms with Gasteiger partial charge in [-0.15, -0.1) is 0 Å². The molecular formula is C35H37N3O6. The molecule has 9 heteroatoms. The van der Waals surface area contributed by atoms with E-state index >= 15 is 0 Å². The Morgan fingerprint density at radius 2 is 1.75 bits per heavy atom. The molecule has 7 rings (SSSR count). The second-order valence-electron chi connectivity index (χ2n) is 11.7. The number of ether oxygens (including phenoxy) is 3. The molecule has 2 N–H and O–H groups in total. The first-order valence-corrected chi connectivity index (χ1v) is 15.5. The van der Waals surface area contributed by atoms with E-state index in [2.05, 4.69) is 47.4 Å². The number of carbonyl (C=O) groups is 1. The average molecular weight is 596 g/mol. The van der Waals surface area contributed by atoms with Crippen LogP contribution in [-0.2, 0) is 25.4 Å². The molecule has 9 nitrogen and oxygen atoms in total. The van der Waals surface area contributed by atoms with Crippen LogP contribution < -0.4 is 5.69 Å². The quantitative estimate of drug-likeness (QED) is 0.243. The molecule has 44 heavy (non-hydrogen) atoms. The lowest BCUT2D eigenvalue weighted by molar-refractivity contribution is -0.157. The van der Waals surface area contributed by atoms with Crippen molar-refractivity contribution in [2.75, 3.05) is 39.5 Å². The largest absolute Gasteiger partial charge is 0.459 e. The van der Waals surface area contributed by atoms with E-state index in [-0.39, 0.29) is 36.8 Å². The Balaban J connectivity index is 1.11. The minimum absolute atomic E-state index is 0.0141. The van der Waals surface area contributed by atoms with Crippen molar-refractivity contribution in [3.8, 4) is 11.1 Å². The zero-order valence-corrected chi connectivity index (χ0v) is 24.6. The molecule has 2 atom stereocenters.